The molecule has 2 aromatic carbocycles. The number of benzene rings is 2. The Hall–Kier alpha value is -4.19. The zero-order chi connectivity index (χ0) is 38.8. The number of anilines is 1. The molecule has 0 spiro atoms. The van der Waals surface area contributed by atoms with Crippen LogP contribution in [0.2, 0.25) is 0 Å². The fourth-order valence-corrected chi connectivity index (χ4v) is 6.74. The molecule has 1 aliphatic heterocycles. The number of carbonyl (C=O) groups is 2. The number of aliphatic hydroxyl groups is 1. The Labute approximate surface area is 331 Å². The number of rotatable bonds is 16. The van der Waals surface area contributed by atoms with Crippen LogP contribution in [0.3, 0.4) is 0 Å². The lowest BCUT2D eigenvalue weighted by Crippen LogP contribution is -2.45. The van der Waals surface area contributed by atoms with Crippen LogP contribution >= 0.6 is 12.4 Å². The first-order chi connectivity index (χ1) is 26.2. The number of aromatic nitrogens is 2. The molecular formula is C41H59ClN6O7. The first kappa shape index (κ1) is 45.2. The van der Waals surface area contributed by atoms with Crippen LogP contribution in [0.4, 0.5) is 5.82 Å². The van der Waals surface area contributed by atoms with Crippen LogP contribution in [0.5, 0.6) is 11.5 Å². The average Bonchev–Trinajstić information content (AvgIpc) is 3.76. The van der Waals surface area contributed by atoms with Gasteiger partial charge in [-0.05, 0) is 63.4 Å². The second-order valence-corrected chi connectivity index (χ2v) is 13.4. The van der Waals surface area contributed by atoms with E-state index < -0.39 is 11.6 Å². The van der Waals surface area contributed by atoms with Gasteiger partial charge in [-0.3, -0.25) is 9.69 Å². The molecule has 2 heterocycles. The molecule has 0 bridgehead atoms. The number of fused-ring (bicyclic) bond motifs is 1. The molecule has 3 aromatic rings. The Bertz CT molecular complexity index is 1690. The van der Waals surface area contributed by atoms with Crippen molar-refractivity contribution in [1.82, 2.24) is 25.5 Å². The predicted octanol–water partition coefficient (Wildman–Crippen LogP) is 4.77. The lowest BCUT2D eigenvalue weighted by atomic mass is 9.73. The van der Waals surface area contributed by atoms with Crippen LogP contribution < -0.4 is 25.8 Å². The summed E-state index contributed by atoms with van der Waals surface area (Å²) >= 11 is 0. The zero-order valence-electron chi connectivity index (χ0n) is 32.7. The molecule has 2 fully saturated rings. The van der Waals surface area contributed by atoms with Gasteiger partial charge in [0.05, 0.1) is 32.8 Å². The van der Waals surface area contributed by atoms with E-state index in [-0.39, 0.29) is 36.9 Å². The van der Waals surface area contributed by atoms with Crippen molar-refractivity contribution < 1.29 is 33.6 Å². The van der Waals surface area contributed by atoms with E-state index in [4.69, 9.17) is 24.7 Å². The number of halogens is 1. The quantitative estimate of drug-likeness (QED) is 0.0894. The molecule has 55 heavy (non-hydrogen) atoms. The third kappa shape index (κ3) is 12.9. The van der Waals surface area contributed by atoms with Crippen LogP contribution in [0.15, 0.2) is 42.5 Å². The van der Waals surface area contributed by atoms with E-state index in [1.807, 2.05) is 30.3 Å². The fourth-order valence-electron chi connectivity index (χ4n) is 6.74. The molecule has 14 heteroatoms. The molecule has 1 amide bonds. The van der Waals surface area contributed by atoms with Gasteiger partial charge in [-0.1, -0.05) is 75.3 Å². The molecule has 2 unspecified atom stereocenters. The lowest BCUT2D eigenvalue weighted by molar-refractivity contribution is -0.174. The van der Waals surface area contributed by atoms with Crippen molar-refractivity contribution in [1.29, 1.82) is 0 Å². The Morgan fingerprint density at radius 3 is 2.35 bits per heavy atom. The summed E-state index contributed by atoms with van der Waals surface area (Å²) < 4.78 is 21.4. The number of hydrogen-bond acceptors (Lipinski definition) is 12. The maximum absolute atomic E-state index is 12.8. The van der Waals surface area contributed by atoms with Crippen LogP contribution in [-0.4, -0.2) is 98.1 Å². The highest BCUT2D eigenvalue weighted by atomic mass is 35.5. The normalized spacial score (nSPS) is 16.4. The van der Waals surface area contributed by atoms with Gasteiger partial charge >= 0.3 is 5.97 Å². The van der Waals surface area contributed by atoms with Crippen molar-refractivity contribution in [3.63, 3.8) is 0 Å². The molecule has 5 N–H and O–H groups in total. The van der Waals surface area contributed by atoms with Crippen LogP contribution in [0.1, 0.15) is 76.6 Å². The van der Waals surface area contributed by atoms with Crippen LogP contribution in [0.25, 0.3) is 10.9 Å². The molecule has 1 saturated carbocycles. The first-order valence-corrected chi connectivity index (χ1v) is 19.2. The summed E-state index contributed by atoms with van der Waals surface area (Å²) in [5.41, 5.74) is 5.82. The third-order valence-electron chi connectivity index (χ3n) is 9.93. The first-order valence-electron chi connectivity index (χ1n) is 19.2. The molecule has 302 valence electrons. The Kier molecular flexibility index (Phi) is 19.5. The second-order valence-electron chi connectivity index (χ2n) is 13.4. The van der Waals surface area contributed by atoms with Gasteiger partial charge in [0.2, 0.25) is 5.91 Å². The summed E-state index contributed by atoms with van der Waals surface area (Å²) in [6.07, 6.45) is 7.20. The lowest BCUT2D eigenvalue weighted by Gasteiger charge is -2.36. The van der Waals surface area contributed by atoms with Crippen molar-refractivity contribution in [2.24, 2.45) is 5.92 Å². The monoisotopic (exact) mass is 782 g/mol. The topological polar surface area (TPSA) is 170 Å². The smallest absolute Gasteiger partial charge is 0.344 e. The number of esters is 1. The van der Waals surface area contributed by atoms with Crippen molar-refractivity contribution in [3.8, 4) is 23.3 Å². The molecule has 1 aliphatic carbocycles. The average molecular weight is 783 g/mol. The zero-order valence-corrected chi connectivity index (χ0v) is 33.6. The second kappa shape index (κ2) is 23.7. The summed E-state index contributed by atoms with van der Waals surface area (Å²) in [4.78, 5) is 35.8. The van der Waals surface area contributed by atoms with Crippen molar-refractivity contribution in [2.75, 3.05) is 65.9 Å². The van der Waals surface area contributed by atoms with Gasteiger partial charge in [-0.25, -0.2) is 14.8 Å². The Balaban J connectivity index is 0.000000291. The highest BCUT2D eigenvalue weighted by Gasteiger charge is 2.47. The largest absolute Gasteiger partial charge is 0.493 e. The third-order valence-corrected chi connectivity index (χ3v) is 9.93. The highest BCUT2D eigenvalue weighted by molar-refractivity contribution is 5.90. The molecule has 2 atom stereocenters. The minimum absolute atomic E-state index is 0. The van der Waals surface area contributed by atoms with Crippen molar-refractivity contribution in [3.05, 3.63) is 53.9 Å². The summed E-state index contributed by atoms with van der Waals surface area (Å²) in [6, 6.07) is 12.8. The Morgan fingerprint density at radius 2 is 1.69 bits per heavy atom. The molecular weight excluding hydrogens is 724 g/mol. The number of methoxy groups -OCH3 is 2. The van der Waals surface area contributed by atoms with Gasteiger partial charge in [0.25, 0.3) is 0 Å². The van der Waals surface area contributed by atoms with Gasteiger partial charge in [-0.15, -0.1) is 12.4 Å². The fraction of sp³-hybridized carbons (Fsp3) is 0.561. The van der Waals surface area contributed by atoms with E-state index in [0.29, 0.717) is 60.5 Å². The Morgan fingerprint density at radius 1 is 0.982 bits per heavy atom. The van der Waals surface area contributed by atoms with E-state index in [0.717, 1.165) is 76.4 Å². The molecule has 0 radical (unpaired) electrons. The van der Waals surface area contributed by atoms with E-state index in [1.165, 1.54) is 0 Å². The van der Waals surface area contributed by atoms with Gasteiger partial charge in [0.15, 0.2) is 23.7 Å². The number of hydrogen-bond donors (Lipinski definition) is 4. The minimum Gasteiger partial charge on any atom is -0.493 e. The van der Waals surface area contributed by atoms with Gasteiger partial charge in [0, 0.05) is 30.5 Å². The number of amides is 1. The van der Waals surface area contributed by atoms with E-state index in [1.54, 1.807) is 26.4 Å². The number of nitrogens with two attached hydrogens (primary N) is 1. The number of nitrogens with zero attached hydrogens (tertiary/aromatic N) is 3. The molecule has 1 saturated heterocycles. The standard InChI is InChI=1S/C22H31NO3.C19H27N5O4.ClH/c1-3-23(4-2)17-11-12-18-26-21(24)22(25,19-13-7-5-8-14-19)20-15-9-6-10-16-20;1-26-15-9-12-13(10-16(15)27-2)23-17(24-18(12)20)11-21-6-4-7-22-19(25)14-5-3-8-28-14;/h5,7-8,13-14,20,25H,3-4,6,9-10,15-18H2,1-2H3;9-10,14,21H,3-8,11H2,1-2H3,(H,22,25)(H2,20,23,24);1H. The summed E-state index contributed by atoms with van der Waals surface area (Å²) in [7, 11) is 3.15. The van der Waals surface area contributed by atoms with Gasteiger partial charge < -0.3 is 40.4 Å². The molecule has 5 rings (SSSR count). The number of nitrogens with one attached hydrogen (secondary N) is 2. The molecule has 1 aromatic heterocycles. The van der Waals surface area contributed by atoms with Crippen molar-refractivity contribution >= 4 is 41.0 Å². The SMILES string of the molecule is CCN(CC)CC#CCOC(=O)C(O)(c1ccccc1)C1CCCCC1.COc1cc2nc(CNCCCNC(=O)C3CCCO3)nc(N)c2cc1OC.Cl. The number of nitrogen functional groups attached to an aromatic ring is 1. The van der Waals surface area contributed by atoms with Gasteiger partial charge in [-0.2, -0.15) is 0 Å². The number of carbonyl (C=O) groups excluding carboxylic acids is 2. The molecule has 13 nitrogen and oxygen atoms in total. The maximum Gasteiger partial charge on any atom is 0.344 e. The highest BCUT2D eigenvalue weighted by Crippen LogP contribution is 2.40. The minimum atomic E-state index is -1.58. The predicted molar refractivity (Wildman–Crippen MR) is 216 cm³/mol. The van der Waals surface area contributed by atoms with E-state index >= 15 is 0 Å². The van der Waals surface area contributed by atoms with E-state index in [2.05, 4.69) is 51.2 Å². The van der Waals surface area contributed by atoms with Crippen molar-refractivity contribution in [2.45, 2.75) is 83.5 Å². The van der Waals surface area contributed by atoms with Crippen LogP contribution in [0, 0.1) is 17.8 Å². The summed E-state index contributed by atoms with van der Waals surface area (Å²) in [5.74, 6) is 7.40. The van der Waals surface area contributed by atoms with Crippen LogP contribution in [-0.2, 0) is 31.2 Å². The molecule has 2 aliphatic rings. The summed E-state index contributed by atoms with van der Waals surface area (Å²) in [5, 5.41) is 18.3. The van der Waals surface area contributed by atoms with E-state index in [9.17, 15) is 14.7 Å². The number of ether oxygens (including phenoxy) is 4. The summed E-state index contributed by atoms with van der Waals surface area (Å²) in [6.45, 7) is 9.23. The maximum atomic E-state index is 12.8. The van der Waals surface area contributed by atoms with Gasteiger partial charge in [0.1, 0.15) is 17.7 Å².